The number of sulfonamides is 1. The molecule has 0 unspecified atom stereocenters. The number of phenols is 1. The van der Waals surface area contributed by atoms with E-state index in [2.05, 4.69) is 20.3 Å². The van der Waals surface area contributed by atoms with Gasteiger partial charge in [0, 0.05) is 36.9 Å². The molecular formula is C29H34N8O4S. The zero-order chi connectivity index (χ0) is 29.9. The highest BCUT2D eigenvalue weighted by Gasteiger charge is 2.28. The number of ether oxygens (including phenoxy) is 1. The average molecular weight is 591 g/mol. The zero-order valence-corrected chi connectivity index (χ0v) is 24.2. The van der Waals surface area contributed by atoms with Crippen LogP contribution in [0, 0.1) is 6.92 Å². The highest BCUT2D eigenvalue weighted by Crippen LogP contribution is 2.36. The standard InChI is InChI=1S/C29H34N8O4S/c1-19-8-11-24(12-9-19)42(39,40)37(16-20-6-4-3-5-7-20)25-13-10-23(15-26(25)38)32-27-33-28(35-29(34-27)41-2)36-17-21(30)14-22(31)18-36/h3-13,15,21-22,38H,14,16-18,30-31H2,1-2H3,(H,32,33,34,35)/t21-,22+. The van der Waals surface area contributed by atoms with E-state index in [0.717, 1.165) is 11.1 Å². The Balaban J connectivity index is 1.46. The number of hydrogen-bond donors (Lipinski definition) is 4. The van der Waals surface area contributed by atoms with Crippen LogP contribution in [0.15, 0.2) is 77.7 Å². The molecule has 13 heteroatoms. The second kappa shape index (κ2) is 12.2. The molecule has 0 amide bonds. The number of benzene rings is 3. The second-order valence-corrected chi connectivity index (χ2v) is 12.1. The molecule has 2 heterocycles. The van der Waals surface area contributed by atoms with Gasteiger partial charge in [-0.05, 0) is 43.2 Å². The molecule has 12 nitrogen and oxygen atoms in total. The van der Waals surface area contributed by atoms with E-state index in [1.54, 1.807) is 30.3 Å². The first-order valence-electron chi connectivity index (χ1n) is 13.4. The SMILES string of the molecule is COc1nc(Nc2ccc(N(Cc3ccccc3)S(=O)(=O)c3ccc(C)cc3)c(O)c2)nc(N2C[C@H](N)C[C@H](N)C2)n1. The van der Waals surface area contributed by atoms with Crippen molar-refractivity contribution in [3.63, 3.8) is 0 Å². The minimum absolute atomic E-state index is 0.0194. The molecule has 5 rings (SSSR count). The third-order valence-corrected chi connectivity index (χ3v) is 8.64. The van der Waals surface area contributed by atoms with Crippen molar-refractivity contribution in [2.45, 2.75) is 36.9 Å². The Morgan fingerprint density at radius 3 is 2.33 bits per heavy atom. The number of aryl methyl sites for hydroxylation is 1. The molecule has 1 aromatic heterocycles. The van der Waals surface area contributed by atoms with Crippen LogP contribution in [0.2, 0.25) is 0 Å². The van der Waals surface area contributed by atoms with Crippen LogP contribution < -0.4 is 30.7 Å². The number of nitrogens with two attached hydrogens (primary N) is 2. The van der Waals surface area contributed by atoms with Crippen LogP contribution in [0.3, 0.4) is 0 Å². The molecule has 2 atom stereocenters. The van der Waals surface area contributed by atoms with Crippen LogP contribution in [0.1, 0.15) is 17.5 Å². The number of anilines is 4. The first kappa shape index (κ1) is 29.0. The van der Waals surface area contributed by atoms with Crippen LogP contribution in [0.25, 0.3) is 0 Å². The van der Waals surface area contributed by atoms with E-state index in [-0.39, 0.29) is 46.9 Å². The van der Waals surface area contributed by atoms with Gasteiger partial charge in [-0.25, -0.2) is 8.42 Å². The van der Waals surface area contributed by atoms with E-state index in [0.29, 0.717) is 31.1 Å². The quantitative estimate of drug-likeness (QED) is 0.226. The van der Waals surface area contributed by atoms with Gasteiger partial charge in [-0.1, -0.05) is 48.0 Å². The molecular weight excluding hydrogens is 556 g/mol. The van der Waals surface area contributed by atoms with Crippen LogP contribution in [-0.4, -0.2) is 60.8 Å². The summed E-state index contributed by atoms with van der Waals surface area (Å²) in [5.41, 5.74) is 14.5. The summed E-state index contributed by atoms with van der Waals surface area (Å²) >= 11 is 0. The van der Waals surface area contributed by atoms with Crippen molar-refractivity contribution in [2.75, 3.05) is 34.7 Å². The van der Waals surface area contributed by atoms with Gasteiger partial charge in [0.15, 0.2) is 0 Å². The third-order valence-electron chi connectivity index (χ3n) is 6.86. The van der Waals surface area contributed by atoms with Crippen molar-refractivity contribution in [1.82, 2.24) is 15.0 Å². The van der Waals surface area contributed by atoms with E-state index in [1.165, 1.54) is 23.5 Å². The van der Waals surface area contributed by atoms with Gasteiger partial charge >= 0.3 is 6.01 Å². The highest BCUT2D eigenvalue weighted by molar-refractivity contribution is 7.92. The van der Waals surface area contributed by atoms with E-state index in [9.17, 15) is 13.5 Å². The number of hydrogen-bond acceptors (Lipinski definition) is 11. The fraction of sp³-hybridized carbons (Fsp3) is 0.276. The van der Waals surface area contributed by atoms with Gasteiger partial charge in [0.2, 0.25) is 11.9 Å². The molecule has 220 valence electrons. The van der Waals surface area contributed by atoms with Gasteiger partial charge in [-0.2, -0.15) is 15.0 Å². The summed E-state index contributed by atoms with van der Waals surface area (Å²) < 4.78 is 34.1. The molecule has 1 aliphatic rings. The molecule has 0 aliphatic carbocycles. The van der Waals surface area contributed by atoms with Crippen molar-refractivity contribution in [3.8, 4) is 11.8 Å². The Hall–Kier alpha value is -4.46. The fourth-order valence-corrected chi connectivity index (χ4v) is 6.27. The monoisotopic (exact) mass is 590 g/mol. The largest absolute Gasteiger partial charge is 0.506 e. The van der Waals surface area contributed by atoms with Crippen LogP contribution in [0.5, 0.6) is 11.8 Å². The van der Waals surface area contributed by atoms with E-state index < -0.39 is 10.0 Å². The molecule has 4 aromatic rings. The average Bonchev–Trinajstić information content (AvgIpc) is 2.96. The van der Waals surface area contributed by atoms with Gasteiger partial charge in [-0.15, -0.1) is 0 Å². The number of phenolic OH excluding ortho intramolecular Hbond substituents is 1. The summed E-state index contributed by atoms with van der Waals surface area (Å²) in [5.74, 6) is 0.278. The Bertz CT molecular complexity index is 1630. The number of piperidine rings is 1. The van der Waals surface area contributed by atoms with Crippen molar-refractivity contribution >= 4 is 33.3 Å². The number of rotatable bonds is 9. The van der Waals surface area contributed by atoms with E-state index in [4.69, 9.17) is 16.2 Å². The molecule has 1 aliphatic heterocycles. The van der Waals surface area contributed by atoms with Gasteiger partial charge < -0.3 is 31.5 Å². The minimum Gasteiger partial charge on any atom is -0.506 e. The Morgan fingerprint density at radius 1 is 1.00 bits per heavy atom. The van der Waals surface area contributed by atoms with E-state index in [1.807, 2.05) is 42.2 Å². The molecule has 0 radical (unpaired) electrons. The smallest absolute Gasteiger partial charge is 0.322 e. The number of nitrogens with one attached hydrogen (secondary N) is 1. The van der Waals surface area contributed by atoms with Crippen molar-refractivity contribution < 1.29 is 18.3 Å². The van der Waals surface area contributed by atoms with Crippen LogP contribution in [-0.2, 0) is 16.6 Å². The lowest BCUT2D eigenvalue weighted by Crippen LogP contribution is -2.52. The number of aromatic nitrogens is 3. The summed E-state index contributed by atoms with van der Waals surface area (Å²) in [4.78, 5) is 15.1. The maximum Gasteiger partial charge on any atom is 0.322 e. The molecule has 6 N–H and O–H groups in total. The van der Waals surface area contributed by atoms with Crippen molar-refractivity contribution in [1.29, 1.82) is 0 Å². The Kier molecular flexibility index (Phi) is 8.43. The molecule has 1 fully saturated rings. The maximum absolute atomic E-state index is 13.8. The normalized spacial score (nSPS) is 17.1. The summed E-state index contributed by atoms with van der Waals surface area (Å²) in [7, 11) is -2.57. The lowest BCUT2D eigenvalue weighted by Gasteiger charge is -2.34. The highest BCUT2D eigenvalue weighted by atomic mass is 32.2. The first-order valence-corrected chi connectivity index (χ1v) is 14.9. The predicted molar refractivity (Wildman–Crippen MR) is 162 cm³/mol. The summed E-state index contributed by atoms with van der Waals surface area (Å²) in [6.07, 6.45) is 0.705. The topological polar surface area (TPSA) is 173 Å². The molecule has 0 saturated carbocycles. The Labute approximate surface area is 245 Å². The predicted octanol–water partition coefficient (Wildman–Crippen LogP) is 2.90. The minimum atomic E-state index is -4.02. The van der Waals surface area contributed by atoms with Gasteiger partial charge in [0.1, 0.15) is 5.75 Å². The number of methoxy groups -OCH3 is 1. The van der Waals surface area contributed by atoms with Gasteiger partial charge in [0.25, 0.3) is 10.0 Å². The Morgan fingerprint density at radius 2 is 1.69 bits per heavy atom. The summed E-state index contributed by atoms with van der Waals surface area (Å²) in [6.45, 7) is 2.97. The lowest BCUT2D eigenvalue weighted by molar-refractivity contribution is 0.376. The van der Waals surface area contributed by atoms with Crippen molar-refractivity contribution in [3.05, 3.63) is 83.9 Å². The molecule has 1 saturated heterocycles. The molecule has 42 heavy (non-hydrogen) atoms. The zero-order valence-electron chi connectivity index (χ0n) is 23.4. The summed E-state index contributed by atoms with van der Waals surface area (Å²) in [5, 5.41) is 14.2. The lowest BCUT2D eigenvalue weighted by atomic mass is 10.0. The van der Waals surface area contributed by atoms with Crippen LogP contribution >= 0.6 is 0 Å². The fourth-order valence-electron chi connectivity index (χ4n) is 4.80. The van der Waals surface area contributed by atoms with Crippen LogP contribution in [0.4, 0.5) is 23.3 Å². The number of aromatic hydroxyl groups is 1. The summed E-state index contributed by atoms with van der Waals surface area (Å²) in [6, 6.07) is 20.2. The molecule has 0 spiro atoms. The van der Waals surface area contributed by atoms with Gasteiger partial charge in [0.05, 0.1) is 24.2 Å². The third kappa shape index (κ3) is 6.54. The van der Waals surface area contributed by atoms with E-state index >= 15 is 0 Å². The van der Waals surface area contributed by atoms with Gasteiger partial charge in [-0.3, -0.25) is 4.31 Å². The first-order chi connectivity index (χ1) is 20.1. The second-order valence-electron chi connectivity index (χ2n) is 10.2. The number of nitrogens with zero attached hydrogens (tertiary/aromatic N) is 5. The molecule has 0 bridgehead atoms. The van der Waals surface area contributed by atoms with Crippen molar-refractivity contribution in [2.24, 2.45) is 11.5 Å². The molecule has 3 aromatic carbocycles. The maximum atomic E-state index is 13.8.